The molecule has 2 aliphatic heterocycles. The zero-order valence-corrected chi connectivity index (χ0v) is 16.7. The molecule has 5 nitrogen and oxygen atoms in total. The van der Waals surface area contributed by atoms with Crippen LogP contribution in [0, 0.1) is 0 Å². The van der Waals surface area contributed by atoms with Gasteiger partial charge in [0.05, 0.1) is 27.7 Å². The van der Waals surface area contributed by atoms with Crippen LogP contribution in [0.5, 0.6) is 0 Å². The summed E-state index contributed by atoms with van der Waals surface area (Å²) in [4.78, 5) is 22.6. The van der Waals surface area contributed by atoms with Crippen LogP contribution in [0.1, 0.15) is 42.0 Å². The fraction of sp³-hybridized carbons (Fsp3) is 0.364. The van der Waals surface area contributed by atoms with Crippen molar-refractivity contribution in [2.24, 2.45) is 4.99 Å². The fourth-order valence-electron chi connectivity index (χ4n) is 3.89. The lowest BCUT2D eigenvalue weighted by Crippen LogP contribution is -2.31. The van der Waals surface area contributed by atoms with Gasteiger partial charge in [0, 0.05) is 44.4 Å². The van der Waals surface area contributed by atoms with Gasteiger partial charge in [0.1, 0.15) is 0 Å². The van der Waals surface area contributed by atoms with Crippen molar-refractivity contribution < 1.29 is 0 Å². The summed E-state index contributed by atoms with van der Waals surface area (Å²) in [5.41, 5.74) is 5.69. The van der Waals surface area contributed by atoms with Crippen molar-refractivity contribution in [3.8, 4) is 10.6 Å². The highest BCUT2D eigenvalue weighted by molar-refractivity contribution is 7.13. The molecule has 3 aromatic rings. The van der Waals surface area contributed by atoms with Crippen molar-refractivity contribution in [1.82, 2.24) is 19.9 Å². The molecule has 3 aromatic heterocycles. The van der Waals surface area contributed by atoms with Gasteiger partial charge in [0.15, 0.2) is 5.82 Å². The molecule has 0 radical (unpaired) electrons. The van der Waals surface area contributed by atoms with E-state index < -0.39 is 0 Å². The minimum absolute atomic E-state index is 0.845. The highest BCUT2D eigenvalue weighted by Crippen LogP contribution is 2.24. The third kappa shape index (κ3) is 3.75. The van der Waals surface area contributed by atoms with E-state index in [9.17, 15) is 0 Å². The van der Waals surface area contributed by atoms with Gasteiger partial charge < -0.3 is 0 Å². The van der Waals surface area contributed by atoms with Crippen LogP contribution in [0.2, 0.25) is 0 Å². The van der Waals surface area contributed by atoms with Crippen molar-refractivity contribution in [2.75, 3.05) is 13.1 Å². The number of aliphatic imine (C=N–C) groups is 1. The maximum Gasteiger partial charge on any atom is 0.173 e. The summed E-state index contributed by atoms with van der Waals surface area (Å²) in [6.45, 7) is 3.65. The van der Waals surface area contributed by atoms with Crippen LogP contribution in [0.3, 0.4) is 0 Å². The monoisotopic (exact) mass is 389 g/mol. The van der Waals surface area contributed by atoms with E-state index >= 15 is 0 Å². The van der Waals surface area contributed by atoms with Gasteiger partial charge in [-0.3, -0.25) is 14.9 Å². The van der Waals surface area contributed by atoms with Crippen molar-refractivity contribution in [2.45, 2.75) is 38.8 Å². The summed E-state index contributed by atoms with van der Waals surface area (Å²) in [6, 6.07) is 10.5. The normalized spacial score (nSPS) is 17.2. The third-order valence-electron chi connectivity index (χ3n) is 5.36. The largest absolute Gasteiger partial charge is 0.293 e. The number of fused-ring (bicyclic) bond motifs is 1. The average molecular weight is 390 g/mol. The van der Waals surface area contributed by atoms with Crippen LogP contribution in [0.15, 0.2) is 46.9 Å². The number of thiophene rings is 1. The summed E-state index contributed by atoms with van der Waals surface area (Å²) in [5.74, 6) is 0.845. The molecule has 0 fully saturated rings. The van der Waals surface area contributed by atoms with E-state index in [1.165, 1.54) is 29.0 Å². The maximum absolute atomic E-state index is 4.86. The third-order valence-corrected chi connectivity index (χ3v) is 6.25. The van der Waals surface area contributed by atoms with Gasteiger partial charge in [-0.1, -0.05) is 12.1 Å². The molecule has 0 aromatic carbocycles. The van der Waals surface area contributed by atoms with Crippen LogP contribution < -0.4 is 0 Å². The second-order valence-corrected chi connectivity index (χ2v) is 8.35. The van der Waals surface area contributed by atoms with Crippen molar-refractivity contribution in [3.63, 3.8) is 0 Å². The second kappa shape index (κ2) is 7.89. The lowest BCUT2D eigenvalue weighted by atomic mass is 10.1. The molecule has 2 aliphatic rings. The second-order valence-electron chi connectivity index (χ2n) is 7.40. The lowest BCUT2D eigenvalue weighted by Gasteiger charge is -2.28. The minimum atomic E-state index is 0.845. The number of nitrogens with zero attached hydrogens (tertiary/aromatic N) is 5. The summed E-state index contributed by atoms with van der Waals surface area (Å²) in [6.07, 6.45) is 6.37. The van der Waals surface area contributed by atoms with E-state index in [1.54, 1.807) is 11.3 Å². The fourth-order valence-corrected chi connectivity index (χ4v) is 4.58. The van der Waals surface area contributed by atoms with Crippen LogP contribution in [-0.4, -0.2) is 38.7 Å². The van der Waals surface area contributed by atoms with Crippen LogP contribution >= 0.6 is 11.3 Å². The number of rotatable bonds is 4. The Bertz CT molecular complexity index is 996. The minimum Gasteiger partial charge on any atom is -0.293 e. The van der Waals surface area contributed by atoms with Gasteiger partial charge >= 0.3 is 0 Å². The molecule has 6 heteroatoms. The quantitative estimate of drug-likeness (QED) is 0.673. The molecule has 142 valence electrons. The molecule has 0 bridgehead atoms. The van der Waals surface area contributed by atoms with E-state index in [0.717, 1.165) is 61.9 Å². The van der Waals surface area contributed by atoms with Gasteiger partial charge in [0.2, 0.25) is 0 Å². The number of hydrogen-bond acceptors (Lipinski definition) is 6. The highest BCUT2D eigenvalue weighted by Gasteiger charge is 2.20. The molecule has 0 atom stereocenters. The smallest absolute Gasteiger partial charge is 0.173 e. The van der Waals surface area contributed by atoms with Gasteiger partial charge in [-0.15, -0.1) is 11.3 Å². The number of aromatic nitrogens is 3. The molecular formula is C22H23N5S. The van der Waals surface area contributed by atoms with E-state index in [0.29, 0.717) is 0 Å². The summed E-state index contributed by atoms with van der Waals surface area (Å²) >= 11 is 1.73. The Balaban J connectivity index is 1.30. The van der Waals surface area contributed by atoms with Gasteiger partial charge in [0.25, 0.3) is 0 Å². The number of hydrogen-bond donors (Lipinski definition) is 0. The molecular weight excluding hydrogens is 366 g/mol. The molecule has 0 spiro atoms. The molecule has 0 N–H and O–H groups in total. The predicted octanol–water partition coefficient (Wildman–Crippen LogP) is 4.13. The Morgan fingerprint density at radius 2 is 2.04 bits per heavy atom. The van der Waals surface area contributed by atoms with Crippen molar-refractivity contribution in [3.05, 3.63) is 64.7 Å². The Hall–Kier alpha value is -2.44. The predicted molar refractivity (Wildman–Crippen MR) is 113 cm³/mol. The van der Waals surface area contributed by atoms with E-state index in [2.05, 4.69) is 50.6 Å². The van der Waals surface area contributed by atoms with Crippen LogP contribution in [-0.2, 0) is 19.5 Å². The van der Waals surface area contributed by atoms with E-state index in [4.69, 9.17) is 9.97 Å². The summed E-state index contributed by atoms with van der Waals surface area (Å²) < 4.78 is 0. The summed E-state index contributed by atoms with van der Waals surface area (Å²) in [7, 11) is 0. The molecule has 0 amide bonds. The zero-order valence-electron chi connectivity index (χ0n) is 15.8. The molecule has 0 unspecified atom stereocenters. The first-order chi connectivity index (χ1) is 13.8. The Kier molecular flexibility index (Phi) is 4.97. The Morgan fingerprint density at radius 1 is 1.04 bits per heavy atom. The first kappa shape index (κ1) is 17.6. The highest BCUT2D eigenvalue weighted by atomic mass is 32.1. The molecule has 0 aliphatic carbocycles. The molecule has 5 rings (SSSR count). The van der Waals surface area contributed by atoms with Crippen molar-refractivity contribution in [1.29, 1.82) is 0 Å². The van der Waals surface area contributed by atoms with Crippen molar-refractivity contribution >= 4 is 17.0 Å². The lowest BCUT2D eigenvalue weighted by molar-refractivity contribution is 0.240. The standard InChI is InChI=1S/C22H23N5S/c1-2-10-23-20(6-1)22-24-13-16-14-27(11-9-18(16)26-22)15-17-5-3-7-19(25-17)21-8-4-12-28-21/h3-5,7-8,12-13H,1-2,6,9-11,14-15H2. The maximum atomic E-state index is 4.86. The Morgan fingerprint density at radius 3 is 2.89 bits per heavy atom. The van der Waals surface area contributed by atoms with Gasteiger partial charge in [-0.05, 0) is 42.8 Å². The van der Waals surface area contributed by atoms with E-state index in [-0.39, 0.29) is 0 Å². The molecule has 0 saturated heterocycles. The zero-order chi connectivity index (χ0) is 18.8. The molecule has 5 heterocycles. The SMILES string of the molecule is c1cc(CN2CCc3nc(C4=NCCCC4)ncc3C2)nc(-c2cccs2)c1. The number of pyridine rings is 1. The topological polar surface area (TPSA) is 54.3 Å². The first-order valence-electron chi connectivity index (χ1n) is 9.96. The average Bonchev–Trinajstić information content (AvgIpc) is 3.29. The molecule has 0 saturated carbocycles. The Labute approximate surface area is 169 Å². The van der Waals surface area contributed by atoms with Gasteiger partial charge in [-0.2, -0.15) is 0 Å². The van der Waals surface area contributed by atoms with E-state index in [1.807, 2.05) is 6.20 Å². The summed E-state index contributed by atoms with van der Waals surface area (Å²) in [5, 5.41) is 2.10. The van der Waals surface area contributed by atoms with Gasteiger partial charge in [-0.25, -0.2) is 9.97 Å². The van der Waals surface area contributed by atoms with Crippen LogP contribution in [0.4, 0.5) is 0 Å². The first-order valence-corrected chi connectivity index (χ1v) is 10.8. The molecule has 28 heavy (non-hydrogen) atoms. The van der Waals surface area contributed by atoms with Crippen LogP contribution in [0.25, 0.3) is 10.6 Å².